The SMILES string of the molecule is C\C=C/C=C(F)\C=C\C1(O)CCN(c2nc3c(c(Nc4cccc(F)c4)n2)SCC3)CC1. The average molecular weight is 457 g/mol. The van der Waals surface area contributed by atoms with Gasteiger partial charge in [0.15, 0.2) is 0 Å². The van der Waals surface area contributed by atoms with Gasteiger partial charge >= 0.3 is 0 Å². The van der Waals surface area contributed by atoms with Crippen LogP contribution < -0.4 is 10.2 Å². The number of aromatic nitrogens is 2. The molecule has 2 aliphatic rings. The topological polar surface area (TPSA) is 61.3 Å². The number of rotatable bonds is 6. The molecular formula is C24H26F2N4OS. The molecule has 0 aliphatic carbocycles. The van der Waals surface area contributed by atoms with Gasteiger partial charge in [-0.1, -0.05) is 24.3 Å². The van der Waals surface area contributed by atoms with E-state index >= 15 is 0 Å². The van der Waals surface area contributed by atoms with Crippen molar-refractivity contribution < 1.29 is 13.9 Å². The van der Waals surface area contributed by atoms with E-state index in [1.165, 1.54) is 30.4 Å². The lowest BCUT2D eigenvalue weighted by molar-refractivity contribution is 0.0642. The van der Waals surface area contributed by atoms with Crippen molar-refractivity contribution in [1.82, 2.24) is 9.97 Å². The molecule has 0 unspecified atom stereocenters. The number of allylic oxidation sites excluding steroid dienone is 5. The minimum atomic E-state index is -1.06. The van der Waals surface area contributed by atoms with Crippen LogP contribution in [0.15, 0.2) is 65.4 Å². The molecule has 168 valence electrons. The fraction of sp³-hybridized carbons (Fsp3) is 0.333. The molecule has 0 radical (unpaired) electrons. The Morgan fingerprint density at radius 2 is 2.09 bits per heavy atom. The molecule has 0 amide bonds. The zero-order valence-electron chi connectivity index (χ0n) is 17.9. The van der Waals surface area contributed by atoms with Crippen LogP contribution in [-0.4, -0.2) is 39.5 Å². The number of fused-ring (bicyclic) bond motifs is 1. The van der Waals surface area contributed by atoms with Crippen LogP contribution in [0, 0.1) is 5.82 Å². The predicted octanol–water partition coefficient (Wildman–Crippen LogP) is 5.32. The molecule has 4 rings (SSSR count). The van der Waals surface area contributed by atoms with Gasteiger partial charge in [-0.3, -0.25) is 0 Å². The second-order valence-corrected chi connectivity index (χ2v) is 8.99. The van der Waals surface area contributed by atoms with Gasteiger partial charge in [0.1, 0.15) is 17.5 Å². The first kappa shape index (κ1) is 22.5. The van der Waals surface area contributed by atoms with Gasteiger partial charge < -0.3 is 15.3 Å². The average Bonchev–Trinajstić information content (AvgIpc) is 3.26. The quantitative estimate of drug-likeness (QED) is 0.574. The Kier molecular flexibility index (Phi) is 6.91. The number of hydrogen-bond acceptors (Lipinski definition) is 6. The summed E-state index contributed by atoms with van der Waals surface area (Å²) >= 11 is 1.69. The monoisotopic (exact) mass is 456 g/mol. The maximum atomic E-state index is 13.8. The third kappa shape index (κ3) is 5.37. The number of hydrogen-bond donors (Lipinski definition) is 2. The second kappa shape index (κ2) is 9.83. The molecule has 5 nitrogen and oxygen atoms in total. The van der Waals surface area contributed by atoms with Crippen LogP contribution in [0.25, 0.3) is 0 Å². The van der Waals surface area contributed by atoms with Gasteiger partial charge in [-0.15, -0.1) is 11.8 Å². The largest absolute Gasteiger partial charge is 0.386 e. The summed E-state index contributed by atoms with van der Waals surface area (Å²) in [5.74, 6) is 1.49. The second-order valence-electron chi connectivity index (χ2n) is 7.88. The maximum Gasteiger partial charge on any atom is 0.227 e. The lowest BCUT2D eigenvalue weighted by Crippen LogP contribution is -2.44. The van der Waals surface area contributed by atoms with Crippen LogP contribution in [0.3, 0.4) is 0 Å². The molecule has 2 aromatic rings. The highest BCUT2D eigenvalue weighted by Gasteiger charge is 2.32. The van der Waals surface area contributed by atoms with Crippen LogP contribution in [-0.2, 0) is 6.42 Å². The first-order chi connectivity index (χ1) is 15.5. The van der Waals surface area contributed by atoms with E-state index in [1.807, 2.05) is 11.8 Å². The van der Waals surface area contributed by atoms with Crippen LogP contribution in [0.4, 0.5) is 26.2 Å². The smallest absolute Gasteiger partial charge is 0.227 e. The number of halogens is 2. The summed E-state index contributed by atoms with van der Waals surface area (Å²) in [7, 11) is 0. The Morgan fingerprint density at radius 3 is 2.84 bits per heavy atom. The highest BCUT2D eigenvalue weighted by Crippen LogP contribution is 2.38. The number of nitrogens with one attached hydrogen (secondary N) is 1. The number of benzene rings is 1. The summed E-state index contributed by atoms with van der Waals surface area (Å²) in [6.07, 6.45) is 9.32. The molecule has 0 spiro atoms. The van der Waals surface area contributed by atoms with Crippen molar-refractivity contribution in [3.05, 3.63) is 72.0 Å². The Labute approximate surface area is 191 Å². The Morgan fingerprint density at radius 1 is 1.28 bits per heavy atom. The molecule has 1 aromatic carbocycles. The molecule has 2 aliphatic heterocycles. The van der Waals surface area contributed by atoms with Crippen molar-refractivity contribution in [2.24, 2.45) is 0 Å². The summed E-state index contributed by atoms with van der Waals surface area (Å²) in [6.45, 7) is 2.91. The van der Waals surface area contributed by atoms with E-state index in [0.29, 0.717) is 43.4 Å². The minimum Gasteiger partial charge on any atom is -0.386 e. The molecular weight excluding hydrogens is 430 g/mol. The normalized spacial score (nSPS) is 18.5. The molecule has 2 N–H and O–H groups in total. The van der Waals surface area contributed by atoms with Crippen LogP contribution in [0.2, 0.25) is 0 Å². The zero-order chi connectivity index (χ0) is 22.6. The van der Waals surface area contributed by atoms with Gasteiger partial charge in [0, 0.05) is 31.0 Å². The summed E-state index contributed by atoms with van der Waals surface area (Å²) < 4.78 is 27.4. The number of piperidine rings is 1. The molecule has 1 aromatic heterocycles. The Bertz CT molecular complexity index is 1060. The molecule has 0 saturated carbocycles. The lowest BCUT2D eigenvalue weighted by Gasteiger charge is -2.36. The van der Waals surface area contributed by atoms with Gasteiger partial charge in [-0.05, 0) is 50.1 Å². The van der Waals surface area contributed by atoms with Crippen molar-refractivity contribution in [2.75, 3.05) is 29.1 Å². The van der Waals surface area contributed by atoms with Crippen LogP contribution in [0.1, 0.15) is 25.5 Å². The van der Waals surface area contributed by atoms with Crippen molar-refractivity contribution in [3.8, 4) is 0 Å². The highest BCUT2D eigenvalue weighted by molar-refractivity contribution is 7.99. The van der Waals surface area contributed by atoms with E-state index in [1.54, 1.807) is 36.0 Å². The van der Waals surface area contributed by atoms with E-state index in [4.69, 9.17) is 9.97 Å². The summed E-state index contributed by atoms with van der Waals surface area (Å²) in [4.78, 5) is 12.5. The highest BCUT2D eigenvalue weighted by atomic mass is 32.2. The number of aryl methyl sites for hydroxylation is 1. The van der Waals surface area contributed by atoms with Crippen LogP contribution in [0.5, 0.6) is 0 Å². The molecule has 1 fully saturated rings. The van der Waals surface area contributed by atoms with Gasteiger partial charge in [-0.2, -0.15) is 4.98 Å². The van der Waals surface area contributed by atoms with Gasteiger partial charge in [0.05, 0.1) is 16.2 Å². The van der Waals surface area contributed by atoms with Gasteiger partial charge in [-0.25, -0.2) is 13.8 Å². The lowest BCUT2D eigenvalue weighted by atomic mass is 9.91. The van der Waals surface area contributed by atoms with E-state index in [2.05, 4.69) is 5.32 Å². The Balaban J connectivity index is 1.49. The minimum absolute atomic E-state index is 0.311. The fourth-order valence-electron chi connectivity index (χ4n) is 3.72. The molecule has 1 saturated heterocycles. The number of aliphatic hydroxyl groups is 1. The first-order valence-electron chi connectivity index (χ1n) is 10.7. The third-order valence-corrected chi connectivity index (χ3v) is 6.64. The van der Waals surface area contributed by atoms with Crippen molar-refractivity contribution >= 4 is 29.2 Å². The molecule has 0 bridgehead atoms. The summed E-state index contributed by atoms with van der Waals surface area (Å²) in [5.41, 5.74) is 0.554. The van der Waals surface area contributed by atoms with E-state index in [9.17, 15) is 13.9 Å². The van der Waals surface area contributed by atoms with E-state index in [0.717, 1.165) is 22.8 Å². The van der Waals surface area contributed by atoms with Crippen molar-refractivity contribution in [3.63, 3.8) is 0 Å². The van der Waals surface area contributed by atoms with E-state index < -0.39 is 11.4 Å². The first-order valence-corrected chi connectivity index (χ1v) is 11.7. The molecule has 0 atom stereocenters. The third-order valence-electron chi connectivity index (χ3n) is 5.51. The fourth-order valence-corrected chi connectivity index (χ4v) is 4.77. The van der Waals surface area contributed by atoms with Crippen molar-refractivity contribution in [2.45, 2.75) is 36.7 Å². The summed E-state index contributed by atoms with van der Waals surface area (Å²) in [6, 6.07) is 6.29. The van der Waals surface area contributed by atoms with E-state index in [-0.39, 0.29) is 5.82 Å². The number of anilines is 3. The Hall–Kier alpha value is -2.71. The van der Waals surface area contributed by atoms with Crippen LogP contribution >= 0.6 is 11.8 Å². The molecule has 32 heavy (non-hydrogen) atoms. The standard InChI is InChI=1S/C24H26F2N4OS/c1-2-3-5-17(25)8-10-24(31)11-13-30(14-12-24)23-28-20-9-15-32-21(20)22(29-23)27-19-7-4-6-18(26)16-19/h2-8,10,16,31H,9,11-15H2,1H3,(H,27,28,29)/b3-2-,10-8+,17-5+. The van der Waals surface area contributed by atoms with Gasteiger partial charge in [0.2, 0.25) is 5.95 Å². The predicted molar refractivity (Wildman–Crippen MR) is 126 cm³/mol. The number of nitrogens with zero attached hydrogens (tertiary/aromatic N) is 3. The summed E-state index contributed by atoms with van der Waals surface area (Å²) in [5, 5.41) is 14.1. The molecule has 8 heteroatoms. The number of thioether (sulfide) groups is 1. The van der Waals surface area contributed by atoms with Gasteiger partial charge in [0.25, 0.3) is 0 Å². The maximum absolute atomic E-state index is 13.8. The molecule has 3 heterocycles. The van der Waals surface area contributed by atoms with Crippen molar-refractivity contribution in [1.29, 1.82) is 0 Å². The zero-order valence-corrected chi connectivity index (χ0v) is 18.7.